The van der Waals surface area contributed by atoms with Crippen molar-refractivity contribution in [1.82, 2.24) is 0 Å². The highest BCUT2D eigenvalue weighted by Crippen LogP contribution is 2.33. The maximum absolute atomic E-state index is 13.8. The van der Waals surface area contributed by atoms with Gasteiger partial charge in [0.2, 0.25) is 5.91 Å². The van der Waals surface area contributed by atoms with E-state index in [1.807, 2.05) is 45.0 Å². The van der Waals surface area contributed by atoms with Gasteiger partial charge in [-0.2, -0.15) is 0 Å². The van der Waals surface area contributed by atoms with Crippen molar-refractivity contribution in [3.63, 3.8) is 0 Å². The number of nitrogens with one attached hydrogen (secondary N) is 1. The monoisotopic (exact) mass is 514 g/mol. The fourth-order valence-electron chi connectivity index (χ4n) is 3.69. The topological polar surface area (TPSA) is 84.9 Å². The van der Waals surface area contributed by atoms with Crippen molar-refractivity contribution in [2.75, 3.05) is 36.1 Å². The Morgan fingerprint density at radius 1 is 0.943 bits per heavy atom. The summed E-state index contributed by atoms with van der Waals surface area (Å²) in [6, 6.07) is 17.3. The summed E-state index contributed by atoms with van der Waals surface area (Å²) in [5.41, 5.74) is 2.83. The van der Waals surface area contributed by atoms with E-state index in [1.54, 1.807) is 30.0 Å². The molecule has 0 saturated heterocycles. The molecule has 0 aromatic heterocycles. The molecule has 0 fully saturated rings. The number of sulfonamides is 1. The first-order valence-corrected chi connectivity index (χ1v) is 13.5. The summed E-state index contributed by atoms with van der Waals surface area (Å²) in [6.45, 7) is 5.40. The molecule has 35 heavy (non-hydrogen) atoms. The predicted molar refractivity (Wildman–Crippen MR) is 141 cm³/mol. The fourth-order valence-corrected chi connectivity index (χ4v) is 5.87. The molecule has 186 valence electrons. The van der Waals surface area contributed by atoms with Crippen LogP contribution in [0, 0.1) is 13.8 Å². The maximum atomic E-state index is 13.8. The number of ether oxygens (including phenoxy) is 2. The number of anilines is 2. The Morgan fingerprint density at radius 3 is 2.23 bits per heavy atom. The average molecular weight is 515 g/mol. The number of nitrogens with zero attached hydrogens (tertiary/aromatic N) is 1. The largest absolute Gasteiger partial charge is 0.493 e. The Balaban J connectivity index is 2.03. The summed E-state index contributed by atoms with van der Waals surface area (Å²) >= 11 is 1.60. The molecule has 3 aromatic rings. The van der Waals surface area contributed by atoms with Gasteiger partial charge < -0.3 is 14.8 Å². The Morgan fingerprint density at radius 2 is 1.60 bits per heavy atom. The van der Waals surface area contributed by atoms with Crippen LogP contribution in [0.1, 0.15) is 18.1 Å². The Labute approximate surface area is 211 Å². The highest BCUT2D eigenvalue weighted by Gasteiger charge is 2.29. The molecule has 0 bridgehead atoms. The van der Waals surface area contributed by atoms with Crippen molar-refractivity contribution in [2.45, 2.75) is 30.6 Å². The molecule has 0 aliphatic heterocycles. The van der Waals surface area contributed by atoms with E-state index in [9.17, 15) is 13.2 Å². The van der Waals surface area contributed by atoms with Crippen molar-refractivity contribution in [3.05, 3.63) is 71.8 Å². The molecule has 9 heteroatoms. The zero-order valence-electron chi connectivity index (χ0n) is 20.5. The van der Waals surface area contributed by atoms with Crippen molar-refractivity contribution >= 4 is 39.1 Å². The van der Waals surface area contributed by atoms with Gasteiger partial charge >= 0.3 is 0 Å². The van der Waals surface area contributed by atoms with Crippen LogP contribution in [-0.2, 0) is 14.8 Å². The lowest BCUT2D eigenvalue weighted by molar-refractivity contribution is -0.114. The van der Waals surface area contributed by atoms with Crippen molar-refractivity contribution in [3.8, 4) is 11.5 Å². The molecule has 0 spiro atoms. The number of benzene rings is 3. The van der Waals surface area contributed by atoms with E-state index in [4.69, 9.17) is 9.47 Å². The first kappa shape index (κ1) is 26.4. The Kier molecular flexibility index (Phi) is 8.69. The SMILES string of the molecule is CCSc1ccccc1NC(=O)CN(c1cc(C)cc(C)c1)S(=O)(=O)c1ccc(OC)c(OC)c1. The van der Waals surface area contributed by atoms with Gasteiger partial charge in [-0.15, -0.1) is 11.8 Å². The number of hydrogen-bond acceptors (Lipinski definition) is 6. The molecular weight excluding hydrogens is 484 g/mol. The summed E-state index contributed by atoms with van der Waals surface area (Å²) in [5.74, 6) is 1.09. The molecule has 0 atom stereocenters. The quantitative estimate of drug-likeness (QED) is 0.371. The van der Waals surface area contributed by atoms with Crippen LogP contribution >= 0.6 is 11.8 Å². The number of amides is 1. The van der Waals surface area contributed by atoms with E-state index in [-0.39, 0.29) is 10.6 Å². The summed E-state index contributed by atoms with van der Waals surface area (Å²) in [5, 5.41) is 2.88. The van der Waals surface area contributed by atoms with Crippen LogP contribution in [0.3, 0.4) is 0 Å². The summed E-state index contributed by atoms with van der Waals surface area (Å²) in [7, 11) is -1.20. The zero-order valence-corrected chi connectivity index (χ0v) is 22.1. The normalized spacial score (nSPS) is 11.1. The number of thioether (sulfide) groups is 1. The van der Waals surface area contributed by atoms with E-state index >= 15 is 0 Å². The lowest BCUT2D eigenvalue weighted by Gasteiger charge is -2.25. The molecule has 3 rings (SSSR count). The van der Waals surface area contributed by atoms with Crippen LogP contribution in [0.5, 0.6) is 11.5 Å². The maximum Gasteiger partial charge on any atom is 0.264 e. The number of hydrogen-bond donors (Lipinski definition) is 1. The standard InChI is InChI=1S/C26H30N2O5S2/c1-6-34-25-10-8-7-9-22(25)27-26(29)17-28(20-14-18(2)13-19(3)15-20)35(30,31)21-11-12-23(32-4)24(16-21)33-5/h7-16H,6,17H2,1-5H3,(H,27,29). The second-order valence-electron chi connectivity index (χ2n) is 7.85. The second kappa shape index (κ2) is 11.5. The first-order valence-electron chi connectivity index (χ1n) is 11.0. The molecule has 0 aliphatic carbocycles. The first-order chi connectivity index (χ1) is 16.7. The number of carbonyl (C=O) groups is 1. The van der Waals surface area contributed by atoms with Gasteiger partial charge in [-0.3, -0.25) is 9.10 Å². The van der Waals surface area contributed by atoms with Gasteiger partial charge in [0.15, 0.2) is 11.5 Å². The molecule has 0 heterocycles. The lowest BCUT2D eigenvalue weighted by Crippen LogP contribution is -2.38. The van der Waals surface area contributed by atoms with E-state index < -0.39 is 22.5 Å². The molecule has 1 amide bonds. The van der Waals surface area contributed by atoms with E-state index in [0.717, 1.165) is 26.1 Å². The van der Waals surface area contributed by atoms with Gasteiger partial charge in [0, 0.05) is 11.0 Å². The highest BCUT2D eigenvalue weighted by molar-refractivity contribution is 7.99. The van der Waals surface area contributed by atoms with Crippen molar-refractivity contribution in [1.29, 1.82) is 0 Å². The molecule has 0 radical (unpaired) electrons. The van der Waals surface area contributed by atoms with Gasteiger partial charge in [-0.25, -0.2) is 8.42 Å². The minimum absolute atomic E-state index is 0.0101. The van der Waals surface area contributed by atoms with Crippen molar-refractivity contribution < 1.29 is 22.7 Å². The molecule has 0 aliphatic rings. The van der Waals surface area contributed by atoms with Crippen LogP contribution < -0.4 is 19.1 Å². The number of carbonyl (C=O) groups excluding carboxylic acids is 1. The van der Waals surface area contributed by atoms with E-state index in [1.165, 1.54) is 32.4 Å². The van der Waals surface area contributed by atoms with Gasteiger partial charge in [0.25, 0.3) is 10.0 Å². The second-order valence-corrected chi connectivity index (χ2v) is 11.0. The van der Waals surface area contributed by atoms with Gasteiger partial charge in [-0.05, 0) is 67.1 Å². The molecule has 3 aromatic carbocycles. The van der Waals surface area contributed by atoms with Crippen LogP contribution in [0.2, 0.25) is 0 Å². The molecule has 0 unspecified atom stereocenters. The minimum atomic E-state index is -4.12. The number of para-hydroxylation sites is 1. The fraction of sp³-hybridized carbons (Fsp3) is 0.269. The van der Waals surface area contributed by atoms with Crippen molar-refractivity contribution in [2.24, 2.45) is 0 Å². The van der Waals surface area contributed by atoms with Gasteiger partial charge in [0.05, 0.1) is 30.5 Å². The molecular formula is C26H30N2O5S2. The summed E-state index contributed by atoms with van der Waals surface area (Å²) in [6.07, 6.45) is 0. The third-order valence-electron chi connectivity index (χ3n) is 5.19. The Bertz CT molecular complexity index is 1290. The summed E-state index contributed by atoms with van der Waals surface area (Å²) < 4.78 is 39.3. The molecule has 7 nitrogen and oxygen atoms in total. The molecule has 1 N–H and O–H groups in total. The Hall–Kier alpha value is -3.17. The minimum Gasteiger partial charge on any atom is -0.493 e. The average Bonchev–Trinajstić information content (AvgIpc) is 2.82. The van der Waals surface area contributed by atoms with Crippen LogP contribution in [0.15, 0.2) is 70.5 Å². The van der Waals surface area contributed by atoms with E-state index in [0.29, 0.717) is 17.1 Å². The third kappa shape index (κ3) is 6.29. The van der Waals surface area contributed by atoms with Crippen LogP contribution in [-0.4, -0.2) is 40.8 Å². The van der Waals surface area contributed by atoms with Crippen LogP contribution in [0.25, 0.3) is 0 Å². The highest BCUT2D eigenvalue weighted by atomic mass is 32.2. The summed E-state index contributed by atoms with van der Waals surface area (Å²) in [4.78, 5) is 14.1. The third-order valence-corrected chi connectivity index (χ3v) is 7.91. The van der Waals surface area contributed by atoms with Gasteiger partial charge in [0.1, 0.15) is 6.54 Å². The number of rotatable bonds is 10. The molecule has 0 saturated carbocycles. The lowest BCUT2D eigenvalue weighted by atomic mass is 10.1. The predicted octanol–water partition coefficient (Wildman–Crippen LogP) is 5.27. The van der Waals surface area contributed by atoms with E-state index in [2.05, 4.69) is 5.32 Å². The van der Waals surface area contributed by atoms with Gasteiger partial charge in [-0.1, -0.05) is 25.1 Å². The van der Waals surface area contributed by atoms with Crippen LogP contribution in [0.4, 0.5) is 11.4 Å². The smallest absolute Gasteiger partial charge is 0.264 e. The zero-order chi connectivity index (χ0) is 25.6. The number of aryl methyl sites for hydroxylation is 2. The number of methoxy groups -OCH3 is 2.